The zero-order valence-electron chi connectivity index (χ0n) is 24.3. The van der Waals surface area contributed by atoms with Gasteiger partial charge in [-0.25, -0.2) is 0 Å². The number of hydrogen-bond acceptors (Lipinski definition) is 1. The van der Waals surface area contributed by atoms with Crippen LogP contribution in [0.25, 0.3) is 0 Å². The molecule has 7 atom stereocenters. The molecule has 7 unspecified atom stereocenters. The quantitative estimate of drug-likeness (QED) is 0.129. The van der Waals surface area contributed by atoms with Crippen LogP contribution in [0.15, 0.2) is 12.7 Å². The number of epoxide rings is 1. The minimum Gasteiger partial charge on any atom is -0.373 e. The van der Waals surface area contributed by atoms with Crippen molar-refractivity contribution >= 4 is 0 Å². The summed E-state index contributed by atoms with van der Waals surface area (Å²) in [6, 6.07) is 0. The van der Waals surface area contributed by atoms with Crippen LogP contribution in [-0.4, -0.2) is 12.7 Å². The fraction of sp³-hybridized carbons (Fsp3) is 0.938. The van der Waals surface area contributed by atoms with Gasteiger partial charge in [-0.15, -0.1) is 6.58 Å². The van der Waals surface area contributed by atoms with Gasteiger partial charge in [0.05, 0.1) is 12.7 Å². The normalized spacial score (nSPS) is 20.7. The van der Waals surface area contributed by atoms with E-state index in [1.54, 1.807) is 0 Å². The molecule has 0 N–H and O–H groups in total. The minimum absolute atomic E-state index is 0.610. The van der Waals surface area contributed by atoms with Crippen molar-refractivity contribution in [1.29, 1.82) is 0 Å². The molecule has 0 aliphatic carbocycles. The van der Waals surface area contributed by atoms with Crippen LogP contribution in [0.3, 0.4) is 0 Å². The zero-order chi connectivity index (χ0) is 25.1. The predicted octanol–water partition coefficient (Wildman–Crippen LogP) is 10.9. The molecule has 0 spiro atoms. The van der Waals surface area contributed by atoms with E-state index in [0.29, 0.717) is 6.10 Å². The summed E-state index contributed by atoms with van der Waals surface area (Å²) < 4.78 is 5.32. The molecule has 1 aliphatic heterocycles. The molecule has 0 aromatic heterocycles. The van der Waals surface area contributed by atoms with Crippen LogP contribution in [0, 0.1) is 35.5 Å². The van der Waals surface area contributed by atoms with Crippen LogP contribution in [0.2, 0.25) is 0 Å². The van der Waals surface area contributed by atoms with Crippen molar-refractivity contribution in [1.82, 2.24) is 0 Å². The van der Waals surface area contributed by atoms with E-state index >= 15 is 0 Å². The molecule has 33 heavy (non-hydrogen) atoms. The lowest BCUT2D eigenvalue weighted by Gasteiger charge is -2.22. The number of rotatable bonds is 20. The largest absolute Gasteiger partial charge is 0.373 e. The molecule has 1 rings (SSSR count). The molecule has 0 saturated carbocycles. The second-order valence-electron chi connectivity index (χ2n) is 11.9. The Bertz CT molecular complexity index is 426. The van der Waals surface area contributed by atoms with Crippen molar-refractivity contribution in [2.45, 2.75) is 151 Å². The molecule has 0 bridgehead atoms. The van der Waals surface area contributed by atoms with Crippen LogP contribution in [0.1, 0.15) is 145 Å². The van der Waals surface area contributed by atoms with Gasteiger partial charge in [-0.2, -0.15) is 0 Å². The van der Waals surface area contributed by atoms with E-state index in [-0.39, 0.29) is 0 Å². The number of hydrogen-bond donors (Lipinski definition) is 0. The molecule has 1 heteroatoms. The summed E-state index contributed by atoms with van der Waals surface area (Å²) in [6.07, 6.45) is 21.9. The maximum Gasteiger partial charge on any atom is 0.0812 e. The monoisotopic (exact) mass is 464 g/mol. The Kier molecular flexibility index (Phi) is 20.8. The third-order valence-corrected chi connectivity index (χ3v) is 7.80. The van der Waals surface area contributed by atoms with Crippen molar-refractivity contribution in [2.75, 3.05) is 6.61 Å². The van der Waals surface area contributed by atoms with Gasteiger partial charge in [0.25, 0.3) is 0 Å². The van der Waals surface area contributed by atoms with Crippen LogP contribution >= 0.6 is 0 Å². The minimum atomic E-state index is 0.610. The topological polar surface area (TPSA) is 12.5 Å². The fourth-order valence-corrected chi connectivity index (χ4v) is 5.80. The van der Waals surface area contributed by atoms with E-state index < -0.39 is 0 Å². The molecule has 1 fully saturated rings. The van der Waals surface area contributed by atoms with Crippen LogP contribution in [0.4, 0.5) is 0 Å². The van der Waals surface area contributed by atoms with E-state index in [2.05, 4.69) is 68.0 Å². The smallest absolute Gasteiger partial charge is 0.0812 e. The summed E-state index contributed by atoms with van der Waals surface area (Å²) in [5.74, 6) is 5.37. The molecule has 0 aromatic rings. The molecule has 1 heterocycles. The Balaban J connectivity index is 0.000000622. The number of ether oxygens (including phenoxy) is 1. The van der Waals surface area contributed by atoms with E-state index in [1.807, 2.05) is 0 Å². The van der Waals surface area contributed by atoms with Gasteiger partial charge >= 0.3 is 0 Å². The Morgan fingerprint density at radius 1 is 0.727 bits per heavy atom. The van der Waals surface area contributed by atoms with Crippen LogP contribution < -0.4 is 0 Å². The number of unbranched alkanes of at least 4 members (excludes halogenated alkanes) is 2. The maximum atomic E-state index is 5.32. The molecular weight excluding hydrogens is 400 g/mol. The van der Waals surface area contributed by atoms with E-state index in [0.717, 1.165) is 42.1 Å². The Morgan fingerprint density at radius 2 is 1.18 bits per heavy atom. The number of allylic oxidation sites excluding steroid dienone is 1. The van der Waals surface area contributed by atoms with E-state index in [9.17, 15) is 0 Å². The molecule has 1 nitrogen and oxygen atoms in total. The molecular formula is C32H64O. The van der Waals surface area contributed by atoms with Gasteiger partial charge in [0.1, 0.15) is 0 Å². The average Bonchev–Trinajstić information content (AvgIpc) is 3.58. The highest BCUT2D eigenvalue weighted by Gasteiger charge is 2.25. The van der Waals surface area contributed by atoms with E-state index in [1.165, 1.54) is 89.9 Å². The van der Waals surface area contributed by atoms with Crippen LogP contribution in [0.5, 0.6) is 0 Å². The molecule has 0 aromatic carbocycles. The van der Waals surface area contributed by atoms with Gasteiger partial charge in [-0.3, -0.25) is 0 Å². The predicted molar refractivity (Wildman–Crippen MR) is 151 cm³/mol. The van der Waals surface area contributed by atoms with Gasteiger partial charge in [0.2, 0.25) is 0 Å². The lowest BCUT2D eigenvalue weighted by atomic mass is 9.84. The molecule has 0 amide bonds. The highest BCUT2D eigenvalue weighted by molar-refractivity contribution is 4.74. The Hall–Kier alpha value is -0.300. The fourth-order valence-electron chi connectivity index (χ4n) is 5.80. The van der Waals surface area contributed by atoms with Gasteiger partial charge in [-0.1, -0.05) is 113 Å². The molecule has 1 aliphatic rings. The third-order valence-electron chi connectivity index (χ3n) is 7.80. The first-order valence-corrected chi connectivity index (χ1v) is 15.0. The van der Waals surface area contributed by atoms with Gasteiger partial charge in [-0.05, 0) is 74.0 Å². The first-order valence-electron chi connectivity index (χ1n) is 15.0. The van der Waals surface area contributed by atoms with Crippen LogP contribution in [-0.2, 0) is 4.74 Å². The van der Waals surface area contributed by atoms with Gasteiger partial charge in [0.15, 0.2) is 0 Å². The summed E-state index contributed by atoms with van der Waals surface area (Å²) >= 11 is 0. The average molecular weight is 465 g/mol. The summed E-state index contributed by atoms with van der Waals surface area (Å²) in [5, 5.41) is 0. The van der Waals surface area contributed by atoms with Gasteiger partial charge in [0, 0.05) is 0 Å². The lowest BCUT2D eigenvalue weighted by molar-refractivity contribution is 0.285. The van der Waals surface area contributed by atoms with Crippen molar-refractivity contribution in [3.8, 4) is 0 Å². The van der Waals surface area contributed by atoms with Gasteiger partial charge < -0.3 is 4.74 Å². The first-order chi connectivity index (χ1) is 15.8. The molecule has 198 valence electrons. The molecule has 1 saturated heterocycles. The lowest BCUT2D eigenvalue weighted by Crippen LogP contribution is -2.10. The second kappa shape index (κ2) is 21.0. The van der Waals surface area contributed by atoms with Crippen molar-refractivity contribution in [2.24, 2.45) is 35.5 Å². The Labute approximate surface area is 210 Å². The maximum absolute atomic E-state index is 5.32. The molecule has 0 radical (unpaired) electrons. The van der Waals surface area contributed by atoms with Crippen molar-refractivity contribution < 1.29 is 4.74 Å². The van der Waals surface area contributed by atoms with E-state index in [4.69, 9.17) is 4.74 Å². The summed E-state index contributed by atoms with van der Waals surface area (Å²) in [4.78, 5) is 0. The summed E-state index contributed by atoms with van der Waals surface area (Å²) in [7, 11) is 0. The van der Waals surface area contributed by atoms with Crippen molar-refractivity contribution in [3.05, 3.63) is 12.7 Å². The second-order valence-corrected chi connectivity index (χ2v) is 11.9. The standard InChI is InChI=1S/C16H32O.C16H32/c1-5-7-8-15(6-2)10-13(3)9-14(4)11-16-12-17-16;1-6-9-11-16(8-3)13-15(5)12-14(4)10-7-2/h13-16H,5-12H2,1-4H3;7,14-16H,2,6,8-13H2,1,3-5H3. The first kappa shape index (κ1) is 32.7. The third kappa shape index (κ3) is 19.7. The summed E-state index contributed by atoms with van der Waals surface area (Å²) in [6.45, 7) is 23.8. The SMILES string of the molecule is C=CCC(C)CC(C)CC(CC)CCCC.CCCCC(CC)CC(C)CC(C)CC1CO1. The summed E-state index contributed by atoms with van der Waals surface area (Å²) in [5.41, 5.74) is 0. The van der Waals surface area contributed by atoms with Crippen molar-refractivity contribution in [3.63, 3.8) is 0 Å². The highest BCUT2D eigenvalue weighted by Crippen LogP contribution is 2.29. The zero-order valence-corrected chi connectivity index (χ0v) is 24.3. The Morgan fingerprint density at radius 3 is 1.55 bits per heavy atom. The highest BCUT2D eigenvalue weighted by atomic mass is 16.6.